The van der Waals surface area contributed by atoms with E-state index in [1.54, 1.807) is 19.4 Å². The number of thiocarbonyl (C=S) groups is 1. The molecule has 80 valence electrons. The van der Waals surface area contributed by atoms with E-state index in [-0.39, 0.29) is 5.96 Å². The summed E-state index contributed by atoms with van der Waals surface area (Å²) >= 11 is 5.03. The molecule has 4 N–H and O–H groups in total. The van der Waals surface area contributed by atoms with Gasteiger partial charge in [-0.05, 0) is 29.9 Å². The highest BCUT2D eigenvalue weighted by Gasteiger charge is 2.11. The maximum Gasteiger partial charge on any atom is 0.195 e. The van der Waals surface area contributed by atoms with Gasteiger partial charge in [-0.25, -0.2) is 0 Å². The minimum absolute atomic E-state index is 0.0776. The maximum absolute atomic E-state index is 7.40. The monoisotopic (exact) mass is 223 g/mol. The van der Waals surface area contributed by atoms with Gasteiger partial charge >= 0.3 is 0 Å². The summed E-state index contributed by atoms with van der Waals surface area (Å²) in [5.74, 6) is -0.0776. The Balaban J connectivity index is 2.76. The third kappa shape index (κ3) is 3.17. The van der Waals surface area contributed by atoms with Gasteiger partial charge in [0.15, 0.2) is 11.1 Å². The molecule has 0 aliphatic heterocycles. The number of guanidine groups is 1. The van der Waals surface area contributed by atoms with Crippen molar-refractivity contribution in [2.75, 3.05) is 7.05 Å². The van der Waals surface area contributed by atoms with Crippen LogP contribution in [0.2, 0.25) is 0 Å². The highest BCUT2D eigenvalue weighted by molar-refractivity contribution is 7.80. The third-order valence-electron chi connectivity index (χ3n) is 1.84. The number of nitrogens with two attached hydrogens (primary N) is 1. The molecule has 0 bridgehead atoms. The van der Waals surface area contributed by atoms with E-state index in [0.717, 1.165) is 5.56 Å². The van der Waals surface area contributed by atoms with E-state index in [1.165, 1.54) is 4.90 Å². The number of hydrogen-bond donors (Lipinski definition) is 3. The zero-order chi connectivity index (χ0) is 11.3. The van der Waals surface area contributed by atoms with Gasteiger partial charge in [0.2, 0.25) is 0 Å². The minimum Gasteiger partial charge on any atom is -0.370 e. The summed E-state index contributed by atoms with van der Waals surface area (Å²) in [6.07, 6.45) is 3.38. The maximum atomic E-state index is 7.40. The van der Waals surface area contributed by atoms with E-state index < -0.39 is 0 Å². The lowest BCUT2D eigenvalue weighted by molar-refractivity contribution is 0.584. The SMILES string of the molecule is CNC(=S)N(Cc1ccncc1)C(=N)N. The largest absolute Gasteiger partial charge is 0.370 e. The normalized spacial score (nSPS) is 9.40. The molecular weight excluding hydrogens is 210 g/mol. The van der Waals surface area contributed by atoms with Crippen molar-refractivity contribution >= 4 is 23.3 Å². The molecule has 0 aliphatic rings. The second-order valence-corrected chi connectivity index (χ2v) is 3.27. The van der Waals surface area contributed by atoms with Crippen LogP contribution in [0.15, 0.2) is 24.5 Å². The molecule has 1 aromatic rings. The van der Waals surface area contributed by atoms with Gasteiger partial charge in [0.1, 0.15) is 0 Å². The Morgan fingerprint density at radius 3 is 2.67 bits per heavy atom. The third-order valence-corrected chi connectivity index (χ3v) is 2.26. The van der Waals surface area contributed by atoms with Gasteiger partial charge in [0, 0.05) is 19.4 Å². The summed E-state index contributed by atoms with van der Waals surface area (Å²) in [5.41, 5.74) is 6.43. The molecule has 0 saturated heterocycles. The number of pyridine rings is 1. The molecule has 6 heteroatoms. The topological polar surface area (TPSA) is 78.0 Å². The summed E-state index contributed by atoms with van der Waals surface area (Å²) in [4.78, 5) is 5.42. The van der Waals surface area contributed by atoms with Crippen molar-refractivity contribution in [3.05, 3.63) is 30.1 Å². The van der Waals surface area contributed by atoms with Crippen LogP contribution >= 0.6 is 12.2 Å². The van der Waals surface area contributed by atoms with Crippen molar-refractivity contribution in [2.45, 2.75) is 6.54 Å². The van der Waals surface area contributed by atoms with Crippen LogP contribution in [-0.2, 0) is 6.54 Å². The fourth-order valence-electron chi connectivity index (χ4n) is 1.07. The van der Waals surface area contributed by atoms with E-state index in [2.05, 4.69) is 10.3 Å². The highest BCUT2D eigenvalue weighted by Crippen LogP contribution is 2.02. The Morgan fingerprint density at radius 1 is 1.60 bits per heavy atom. The molecule has 0 spiro atoms. The van der Waals surface area contributed by atoms with Gasteiger partial charge in [0.05, 0.1) is 6.54 Å². The van der Waals surface area contributed by atoms with E-state index in [1.807, 2.05) is 12.1 Å². The van der Waals surface area contributed by atoms with Crippen molar-refractivity contribution in [2.24, 2.45) is 5.73 Å². The van der Waals surface area contributed by atoms with Crippen LogP contribution in [0.1, 0.15) is 5.56 Å². The quantitative estimate of drug-likeness (QED) is 0.381. The van der Waals surface area contributed by atoms with Gasteiger partial charge in [-0.2, -0.15) is 0 Å². The van der Waals surface area contributed by atoms with E-state index in [0.29, 0.717) is 11.7 Å². The summed E-state index contributed by atoms with van der Waals surface area (Å²) < 4.78 is 0. The van der Waals surface area contributed by atoms with Crippen LogP contribution in [-0.4, -0.2) is 28.0 Å². The first-order valence-corrected chi connectivity index (χ1v) is 4.78. The van der Waals surface area contributed by atoms with Crippen LogP contribution < -0.4 is 11.1 Å². The predicted molar refractivity (Wildman–Crippen MR) is 63.4 cm³/mol. The van der Waals surface area contributed by atoms with Gasteiger partial charge in [-0.3, -0.25) is 15.3 Å². The second-order valence-electron chi connectivity index (χ2n) is 2.88. The number of nitrogens with one attached hydrogen (secondary N) is 2. The lowest BCUT2D eigenvalue weighted by Crippen LogP contribution is -2.45. The zero-order valence-corrected chi connectivity index (χ0v) is 9.21. The van der Waals surface area contributed by atoms with Gasteiger partial charge in [0.25, 0.3) is 0 Å². The average Bonchev–Trinajstić information content (AvgIpc) is 2.26. The van der Waals surface area contributed by atoms with E-state index in [9.17, 15) is 0 Å². The van der Waals surface area contributed by atoms with Crippen molar-refractivity contribution in [1.82, 2.24) is 15.2 Å². The van der Waals surface area contributed by atoms with Crippen LogP contribution in [0.25, 0.3) is 0 Å². The van der Waals surface area contributed by atoms with Crippen molar-refractivity contribution < 1.29 is 0 Å². The zero-order valence-electron chi connectivity index (χ0n) is 8.40. The molecule has 1 rings (SSSR count). The molecule has 0 fully saturated rings. The fourth-order valence-corrected chi connectivity index (χ4v) is 1.24. The van der Waals surface area contributed by atoms with Crippen molar-refractivity contribution in [3.8, 4) is 0 Å². The molecule has 0 unspecified atom stereocenters. The standard InChI is InChI=1S/C9H13N5S/c1-12-9(15)14(8(10)11)6-7-2-4-13-5-3-7/h2-5H,6H2,1H3,(H3,10,11)(H,12,15). The van der Waals surface area contributed by atoms with Gasteiger partial charge in [-0.1, -0.05) is 0 Å². The van der Waals surface area contributed by atoms with E-state index >= 15 is 0 Å². The summed E-state index contributed by atoms with van der Waals surface area (Å²) in [6, 6.07) is 3.71. The van der Waals surface area contributed by atoms with Crippen molar-refractivity contribution in [3.63, 3.8) is 0 Å². The summed E-state index contributed by atoms with van der Waals surface area (Å²) in [6.45, 7) is 0.470. The molecule has 0 radical (unpaired) electrons. The molecule has 0 atom stereocenters. The Morgan fingerprint density at radius 2 is 2.20 bits per heavy atom. The Kier molecular flexibility index (Phi) is 3.99. The summed E-state index contributed by atoms with van der Waals surface area (Å²) in [5, 5.41) is 10.6. The number of aromatic nitrogens is 1. The Labute approximate surface area is 93.8 Å². The highest BCUT2D eigenvalue weighted by atomic mass is 32.1. The van der Waals surface area contributed by atoms with Gasteiger partial charge < -0.3 is 11.1 Å². The molecular formula is C9H13N5S. The number of rotatable bonds is 2. The number of nitrogens with zero attached hydrogens (tertiary/aromatic N) is 2. The van der Waals surface area contributed by atoms with Gasteiger partial charge in [-0.15, -0.1) is 0 Å². The molecule has 5 nitrogen and oxygen atoms in total. The number of hydrogen-bond acceptors (Lipinski definition) is 3. The fraction of sp³-hybridized carbons (Fsp3) is 0.222. The smallest absolute Gasteiger partial charge is 0.195 e. The first kappa shape index (κ1) is 11.4. The minimum atomic E-state index is -0.0776. The molecule has 1 heterocycles. The van der Waals surface area contributed by atoms with Crippen LogP contribution in [0, 0.1) is 5.41 Å². The molecule has 15 heavy (non-hydrogen) atoms. The Hall–Kier alpha value is -1.69. The van der Waals surface area contributed by atoms with Crippen LogP contribution in [0.3, 0.4) is 0 Å². The Bertz CT molecular complexity index is 351. The lowest BCUT2D eigenvalue weighted by atomic mass is 10.2. The molecule has 0 aromatic carbocycles. The molecule has 1 aromatic heterocycles. The first-order valence-electron chi connectivity index (χ1n) is 4.37. The van der Waals surface area contributed by atoms with E-state index in [4.69, 9.17) is 23.4 Å². The predicted octanol–water partition coefficient (Wildman–Crippen LogP) is 0.281. The molecule has 0 amide bonds. The lowest BCUT2D eigenvalue weighted by Gasteiger charge is -2.22. The summed E-state index contributed by atoms with van der Waals surface area (Å²) in [7, 11) is 1.70. The molecule has 0 aliphatic carbocycles. The van der Waals surface area contributed by atoms with Crippen LogP contribution in [0.4, 0.5) is 0 Å². The second kappa shape index (κ2) is 5.26. The van der Waals surface area contributed by atoms with Crippen LogP contribution in [0.5, 0.6) is 0 Å². The average molecular weight is 223 g/mol. The van der Waals surface area contributed by atoms with Crippen molar-refractivity contribution in [1.29, 1.82) is 5.41 Å². The molecule has 0 saturated carbocycles. The first-order chi connectivity index (χ1) is 7.15.